The normalized spacial score (nSPS) is 23.3. The fourth-order valence-corrected chi connectivity index (χ4v) is 5.30. The molecule has 1 aliphatic carbocycles. The van der Waals surface area contributed by atoms with Crippen molar-refractivity contribution in [1.29, 1.82) is 0 Å². The molecule has 38 heavy (non-hydrogen) atoms. The van der Waals surface area contributed by atoms with Gasteiger partial charge < -0.3 is 18.9 Å². The number of esters is 2. The van der Waals surface area contributed by atoms with Gasteiger partial charge >= 0.3 is 11.9 Å². The van der Waals surface area contributed by atoms with Crippen LogP contribution in [0.2, 0.25) is 0 Å². The van der Waals surface area contributed by atoms with Gasteiger partial charge in [0.25, 0.3) is 0 Å². The molecule has 0 radical (unpaired) electrons. The van der Waals surface area contributed by atoms with Crippen molar-refractivity contribution in [3.63, 3.8) is 0 Å². The molecule has 1 heterocycles. The Hall–Kier alpha value is -3.14. The number of benzene rings is 2. The lowest BCUT2D eigenvalue weighted by Crippen LogP contribution is -2.39. The maximum absolute atomic E-state index is 12.3. The summed E-state index contributed by atoms with van der Waals surface area (Å²) in [4.78, 5) is 24.6. The maximum atomic E-state index is 12.3. The lowest BCUT2D eigenvalue weighted by Gasteiger charge is -2.28. The largest absolute Gasteiger partial charge is 0.464 e. The Kier molecular flexibility index (Phi) is 9.98. The van der Waals surface area contributed by atoms with E-state index in [0.717, 1.165) is 17.0 Å². The second-order valence-corrected chi connectivity index (χ2v) is 9.95. The van der Waals surface area contributed by atoms with Crippen molar-refractivity contribution in [3.8, 4) is 11.8 Å². The average molecular weight is 519 g/mol. The Balaban J connectivity index is 1.37. The molecule has 1 saturated carbocycles. The summed E-state index contributed by atoms with van der Waals surface area (Å²) < 4.78 is 21.6. The highest BCUT2D eigenvalue weighted by Gasteiger charge is 2.47. The predicted octanol–water partition coefficient (Wildman–Crippen LogP) is 6.07. The Bertz CT molecular complexity index is 1090. The molecule has 0 amide bonds. The molecule has 0 aromatic heterocycles. The molecule has 2 atom stereocenters. The minimum absolute atomic E-state index is 0.176. The number of hydrogen-bond donors (Lipinski definition) is 0. The third kappa shape index (κ3) is 7.03. The molecule has 2 aromatic carbocycles. The van der Waals surface area contributed by atoms with Gasteiger partial charge in [0.15, 0.2) is 18.5 Å². The van der Waals surface area contributed by atoms with E-state index >= 15 is 0 Å². The SMILES string of the molecule is CCCC1CCC(c2ccc(C#Cc3ccc(C4O[C@@H](C(=O)OCC)[C@H](C(=O)OCC)O4)cc3)cc2)CC1. The summed E-state index contributed by atoms with van der Waals surface area (Å²) in [5.74, 6) is 6.74. The van der Waals surface area contributed by atoms with Gasteiger partial charge in [-0.1, -0.05) is 55.9 Å². The molecule has 0 bridgehead atoms. The average Bonchev–Trinajstić information content (AvgIpc) is 3.39. The van der Waals surface area contributed by atoms with Crippen molar-refractivity contribution in [3.05, 3.63) is 70.8 Å². The second-order valence-electron chi connectivity index (χ2n) is 9.95. The highest BCUT2D eigenvalue weighted by Crippen LogP contribution is 2.37. The van der Waals surface area contributed by atoms with Gasteiger partial charge in [0.2, 0.25) is 0 Å². The number of ether oxygens (including phenoxy) is 4. The molecule has 6 nitrogen and oxygen atoms in total. The topological polar surface area (TPSA) is 71.1 Å². The van der Waals surface area contributed by atoms with Crippen LogP contribution in [0.25, 0.3) is 0 Å². The molecule has 202 valence electrons. The molecule has 6 heteroatoms. The number of hydrogen-bond acceptors (Lipinski definition) is 6. The minimum atomic E-state index is -1.17. The van der Waals surface area contributed by atoms with Crippen LogP contribution >= 0.6 is 0 Å². The van der Waals surface area contributed by atoms with Crippen LogP contribution in [0.1, 0.15) is 93.8 Å². The first kappa shape index (κ1) is 27.9. The van der Waals surface area contributed by atoms with Gasteiger partial charge in [-0.05, 0) is 81.2 Å². The first-order valence-electron chi connectivity index (χ1n) is 13.9. The molecule has 2 fully saturated rings. The molecule has 0 N–H and O–H groups in total. The molecule has 4 rings (SSSR count). The Morgan fingerprint density at radius 2 is 1.21 bits per heavy atom. The number of rotatable bonds is 8. The van der Waals surface area contributed by atoms with Crippen LogP contribution in [0.3, 0.4) is 0 Å². The third-order valence-corrected chi connectivity index (χ3v) is 7.31. The summed E-state index contributed by atoms with van der Waals surface area (Å²) >= 11 is 0. The number of carbonyl (C=O) groups is 2. The van der Waals surface area contributed by atoms with E-state index in [1.165, 1.54) is 44.1 Å². The van der Waals surface area contributed by atoms with Crippen molar-refractivity contribution in [2.45, 2.75) is 83.7 Å². The predicted molar refractivity (Wildman–Crippen MR) is 144 cm³/mol. The lowest BCUT2D eigenvalue weighted by molar-refractivity contribution is -0.163. The highest BCUT2D eigenvalue weighted by molar-refractivity contribution is 5.86. The van der Waals surface area contributed by atoms with E-state index in [4.69, 9.17) is 18.9 Å². The number of carbonyl (C=O) groups excluding carboxylic acids is 2. The fraction of sp³-hybridized carbons (Fsp3) is 0.500. The van der Waals surface area contributed by atoms with Crippen LogP contribution in [-0.2, 0) is 28.5 Å². The molecular formula is C32H38O6. The van der Waals surface area contributed by atoms with Gasteiger partial charge in [-0.25, -0.2) is 9.59 Å². The molecule has 2 aromatic rings. The van der Waals surface area contributed by atoms with Crippen molar-refractivity contribution >= 4 is 11.9 Å². The van der Waals surface area contributed by atoms with E-state index in [1.807, 2.05) is 24.3 Å². The van der Waals surface area contributed by atoms with Crippen LogP contribution in [0.5, 0.6) is 0 Å². The van der Waals surface area contributed by atoms with E-state index in [2.05, 4.69) is 43.0 Å². The monoisotopic (exact) mass is 518 g/mol. The molecule has 0 unspecified atom stereocenters. The van der Waals surface area contributed by atoms with Crippen molar-refractivity contribution in [2.75, 3.05) is 13.2 Å². The van der Waals surface area contributed by atoms with E-state index in [9.17, 15) is 9.59 Å². The van der Waals surface area contributed by atoms with Gasteiger partial charge in [-0.3, -0.25) is 0 Å². The summed E-state index contributed by atoms with van der Waals surface area (Å²) in [7, 11) is 0. The third-order valence-electron chi connectivity index (χ3n) is 7.31. The van der Waals surface area contributed by atoms with E-state index in [0.29, 0.717) is 11.5 Å². The Morgan fingerprint density at radius 3 is 1.66 bits per heavy atom. The summed E-state index contributed by atoms with van der Waals surface area (Å²) in [5, 5.41) is 0. The summed E-state index contributed by atoms with van der Waals surface area (Å²) in [6, 6.07) is 16.1. The first-order valence-corrected chi connectivity index (χ1v) is 13.9. The van der Waals surface area contributed by atoms with E-state index < -0.39 is 30.4 Å². The zero-order valence-corrected chi connectivity index (χ0v) is 22.6. The molecular weight excluding hydrogens is 480 g/mol. The van der Waals surface area contributed by atoms with Crippen LogP contribution in [0, 0.1) is 17.8 Å². The Labute approximate surface area is 226 Å². The highest BCUT2D eigenvalue weighted by atomic mass is 16.8. The summed E-state index contributed by atoms with van der Waals surface area (Å²) in [6.45, 7) is 6.02. The van der Waals surface area contributed by atoms with Crippen LogP contribution < -0.4 is 0 Å². The molecule has 1 saturated heterocycles. The van der Waals surface area contributed by atoms with E-state index in [1.54, 1.807) is 13.8 Å². The second kappa shape index (κ2) is 13.6. The Morgan fingerprint density at radius 1 is 0.737 bits per heavy atom. The van der Waals surface area contributed by atoms with Gasteiger partial charge in [0.05, 0.1) is 13.2 Å². The van der Waals surface area contributed by atoms with Crippen LogP contribution in [0.4, 0.5) is 0 Å². The molecule has 0 spiro atoms. The van der Waals surface area contributed by atoms with Gasteiger partial charge in [0.1, 0.15) is 0 Å². The minimum Gasteiger partial charge on any atom is -0.464 e. The van der Waals surface area contributed by atoms with E-state index in [-0.39, 0.29) is 13.2 Å². The van der Waals surface area contributed by atoms with Crippen molar-refractivity contribution < 1.29 is 28.5 Å². The van der Waals surface area contributed by atoms with Gasteiger partial charge in [0, 0.05) is 16.7 Å². The van der Waals surface area contributed by atoms with Crippen LogP contribution in [0.15, 0.2) is 48.5 Å². The standard InChI is InChI=1S/C32H38O6/c1-4-7-22-10-16-25(17-11-22)26-18-12-23(13-19-26)8-9-24-14-20-27(21-15-24)32-37-28(30(33)35-5-2)29(38-32)31(34)36-6-3/h12-15,18-22,25,28-29,32H,4-7,10-11,16-17H2,1-3H3/t22?,25?,28-,29-/m1/s1. The maximum Gasteiger partial charge on any atom is 0.338 e. The summed E-state index contributed by atoms with van der Waals surface area (Å²) in [6.07, 6.45) is 4.70. The smallest absolute Gasteiger partial charge is 0.338 e. The van der Waals surface area contributed by atoms with Crippen molar-refractivity contribution in [1.82, 2.24) is 0 Å². The summed E-state index contributed by atoms with van der Waals surface area (Å²) in [5.41, 5.74) is 3.92. The molecule has 2 aliphatic rings. The zero-order chi connectivity index (χ0) is 26.9. The zero-order valence-electron chi connectivity index (χ0n) is 22.6. The first-order chi connectivity index (χ1) is 18.5. The lowest BCUT2D eigenvalue weighted by atomic mass is 9.77. The fourth-order valence-electron chi connectivity index (χ4n) is 5.30. The quantitative estimate of drug-likeness (QED) is 0.312. The molecule has 1 aliphatic heterocycles. The van der Waals surface area contributed by atoms with Gasteiger partial charge in [-0.2, -0.15) is 0 Å². The van der Waals surface area contributed by atoms with Gasteiger partial charge in [-0.15, -0.1) is 0 Å². The van der Waals surface area contributed by atoms with Crippen LogP contribution in [-0.4, -0.2) is 37.4 Å². The van der Waals surface area contributed by atoms with Crippen molar-refractivity contribution in [2.24, 2.45) is 5.92 Å².